The first-order chi connectivity index (χ1) is 13.2. The predicted octanol–water partition coefficient (Wildman–Crippen LogP) is 5.06. The largest absolute Gasteiger partial charge is 0.325 e. The van der Waals surface area contributed by atoms with Gasteiger partial charge < -0.3 is 10.6 Å². The van der Waals surface area contributed by atoms with Crippen LogP contribution in [0.1, 0.15) is 34.5 Å². The first-order valence-corrected chi connectivity index (χ1v) is 9.87. The summed E-state index contributed by atoms with van der Waals surface area (Å²) in [6.07, 6.45) is 2.77. The first-order valence-electron chi connectivity index (χ1n) is 8.99. The van der Waals surface area contributed by atoms with E-state index in [9.17, 15) is 9.59 Å². The van der Waals surface area contributed by atoms with Crippen LogP contribution in [0.3, 0.4) is 0 Å². The average molecular weight is 376 g/mol. The molecule has 0 atom stereocenters. The Bertz CT molecular complexity index is 947. The van der Waals surface area contributed by atoms with Crippen molar-refractivity contribution < 1.29 is 9.59 Å². The van der Waals surface area contributed by atoms with E-state index in [2.05, 4.69) is 10.6 Å². The van der Waals surface area contributed by atoms with Crippen LogP contribution in [-0.4, -0.2) is 11.8 Å². The summed E-state index contributed by atoms with van der Waals surface area (Å²) in [5.41, 5.74) is 1.97. The Morgan fingerprint density at radius 1 is 0.852 bits per heavy atom. The third kappa shape index (κ3) is 3.51. The molecule has 0 spiro atoms. The Hall–Kier alpha value is -2.92. The van der Waals surface area contributed by atoms with Gasteiger partial charge in [0.25, 0.3) is 5.91 Å². The molecule has 4 nitrogen and oxygen atoms in total. The Balaban J connectivity index is 1.49. The van der Waals surface area contributed by atoms with Gasteiger partial charge in [-0.25, -0.2) is 0 Å². The lowest BCUT2D eigenvalue weighted by molar-refractivity contribution is -0.124. The lowest BCUT2D eigenvalue weighted by Gasteiger charge is -2.40. The highest BCUT2D eigenvalue weighted by atomic mass is 32.1. The van der Waals surface area contributed by atoms with Crippen LogP contribution in [0.25, 0.3) is 0 Å². The van der Waals surface area contributed by atoms with Crippen LogP contribution >= 0.6 is 11.3 Å². The van der Waals surface area contributed by atoms with Crippen molar-refractivity contribution in [2.24, 2.45) is 0 Å². The average Bonchev–Trinajstić information content (AvgIpc) is 3.17. The molecular weight excluding hydrogens is 356 g/mol. The third-order valence-corrected chi connectivity index (χ3v) is 5.96. The zero-order chi connectivity index (χ0) is 18.7. The van der Waals surface area contributed by atoms with Crippen LogP contribution in [-0.2, 0) is 10.2 Å². The van der Waals surface area contributed by atoms with Gasteiger partial charge in [0.2, 0.25) is 5.91 Å². The van der Waals surface area contributed by atoms with Crippen LogP contribution in [0.5, 0.6) is 0 Å². The van der Waals surface area contributed by atoms with Gasteiger partial charge in [-0.05, 0) is 48.1 Å². The highest BCUT2D eigenvalue weighted by Gasteiger charge is 2.45. The number of nitrogens with one attached hydrogen (secondary N) is 2. The zero-order valence-corrected chi connectivity index (χ0v) is 15.6. The first kappa shape index (κ1) is 17.5. The van der Waals surface area contributed by atoms with Crippen LogP contribution in [0, 0.1) is 0 Å². The number of benzene rings is 2. The summed E-state index contributed by atoms with van der Waals surface area (Å²) in [5.74, 6) is -0.130. The SMILES string of the molecule is O=C(Nc1cccc(NC(=O)C2(c3ccccc3)CCC2)c1)c1cccs1. The van der Waals surface area contributed by atoms with Crippen molar-refractivity contribution in [2.45, 2.75) is 24.7 Å². The maximum Gasteiger partial charge on any atom is 0.265 e. The second kappa shape index (κ2) is 7.37. The van der Waals surface area contributed by atoms with E-state index in [0.29, 0.717) is 16.3 Å². The molecule has 1 heterocycles. The summed E-state index contributed by atoms with van der Waals surface area (Å²) in [7, 11) is 0. The number of carbonyl (C=O) groups is 2. The van der Waals surface area contributed by atoms with E-state index < -0.39 is 5.41 Å². The topological polar surface area (TPSA) is 58.2 Å². The Morgan fingerprint density at radius 3 is 2.22 bits per heavy atom. The van der Waals surface area contributed by atoms with Crippen molar-refractivity contribution in [2.75, 3.05) is 10.6 Å². The van der Waals surface area contributed by atoms with Gasteiger partial charge in [0.05, 0.1) is 10.3 Å². The second-order valence-electron chi connectivity index (χ2n) is 6.77. The van der Waals surface area contributed by atoms with E-state index in [-0.39, 0.29) is 11.8 Å². The van der Waals surface area contributed by atoms with Crippen molar-refractivity contribution in [3.05, 3.63) is 82.6 Å². The van der Waals surface area contributed by atoms with Crippen LogP contribution in [0.2, 0.25) is 0 Å². The van der Waals surface area contributed by atoms with Gasteiger partial charge in [0.15, 0.2) is 0 Å². The summed E-state index contributed by atoms with van der Waals surface area (Å²) >= 11 is 1.39. The normalized spacial score (nSPS) is 14.8. The molecule has 27 heavy (non-hydrogen) atoms. The van der Waals surface area contributed by atoms with Gasteiger partial charge in [0.1, 0.15) is 0 Å². The number of hydrogen-bond donors (Lipinski definition) is 2. The monoisotopic (exact) mass is 376 g/mol. The number of anilines is 2. The molecule has 4 rings (SSSR count). The quantitative estimate of drug-likeness (QED) is 0.654. The summed E-state index contributed by atoms with van der Waals surface area (Å²) in [5, 5.41) is 7.79. The van der Waals surface area contributed by atoms with E-state index in [1.54, 1.807) is 12.1 Å². The molecule has 1 saturated carbocycles. The third-order valence-electron chi connectivity index (χ3n) is 5.09. The van der Waals surface area contributed by atoms with Crippen LogP contribution in [0.4, 0.5) is 11.4 Å². The summed E-state index contributed by atoms with van der Waals surface area (Å²) in [6.45, 7) is 0. The molecule has 0 saturated heterocycles. The van der Waals surface area contributed by atoms with E-state index in [4.69, 9.17) is 0 Å². The zero-order valence-electron chi connectivity index (χ0n) is 14.8. The standard InChI is InChI=1S/C22H20N2O2S/c25-20(19-11-5-14-27-19)23-17-9-4-10-18(15-17)24-21(26)22(12-6-13-22)16-7-2-1-3-8-16/h1-5,7-11,14-15H,6,12-13H2,(H,23,25)(H,24,26). The molecule has 0 unspecified atom stereocenters. The van der Waals surface area contributed by atoms with Crippen molar-refractivity contribution in [3.63, 3.8) is 0 Å². The molecule has 1 aliphatic rings. The molecule has 2 N–H and O–H groups in total. The highest BCUT2D eigenvalue weighted by molar-refractivity contribution is 7.12. The molecule has 0 radical (unpaired) electrons. The molecule has 1 fully saturated rings. The molecule has 5 heteroatoms. The van der Waals surface area contributed by atoms with Crippen molar-refractivity contribution >= 4 is 34.5 Å². The van der Waals surface area contributed by atoms with Gasteiger partial charge in [-0.2, -0.15) is 0 Å². The van der Waals surface area contributed by atoms with E-state index in [1.165, 1.54) is 11.3 Å². The fourth-order valence-electron chi connectivity index (χ4n) is 3.46. The Morgan fingerprint density at radius 2 is 1.59 bits per heavy atom. The van der Waals surface area contributed by atoms with Gasteiger partial charge in [-0.3, -0.25) is 9.59 Å². The molecule has 136 valence electrons. The predicted molar refractivity (Wildman–Crippen MR) is 109 cm³/mol. The van der Waals surface area contributed by atoms with Crippen molar-refractivity contribution in [1.29, 1.82) is 0 Å². The van der Waals surface area contributed by atoms with Crippen molar-refractivity contribution in [3.8, 4) is 0 Å². The molecule has 0 aliphatic heterocycles. The molecular formula is C22H20N2O2S. The minimum atomic E-state index is -0.447. The number of thiophene rings is 1. The smallest absolute Gasteiger partial charge is 0.265 e. The fourth-order valence-corrected chi connectivity index (χ4v) is 4.08. The Labute approximate surface area is 162 Å². The number of carbonyl (C=O) groups excluding carboxylic acids is 2. The molecule has 1 aromatic heterocycles. The second-order valence-corrected chi connectivity index (χ2v) is 7.72. The maximum absolute atomic E-state index is 13.0. The Kier molecular flexibility index (Phi) is 4.77. The number of rotatable bonds is 5. The number of amides is 2. The van der Waals surface area contributed by atoms with E-state index >= 15 is 0 Å². The van der Waals surface area contributed by atoms with Crippen LogP contribution < -0.4 is 10.6 Å². The van der Waals surface area contributed by atoms with Gasteiger partial charge >= 0.3 is 0 Å². The van der Waals surface area contributed by atoms with E-state index in [1.807, 2.05) is 60.0 Å². The number of hydrogen-bond acceptors (Lipinski definition) is 3. The lowest BCUT2D eigenvalue weighted by Crippen LogP contribution is -2.45. The lowest BCUT2D eigenvalue weighted by atomic mass is 9.64. The van der Waals surface area contributed by atoms with Gasteiger partial charge in [0, 0.05) is 11.4 Å². The molecule has 2 aromatic carbocycles. The van der Waals surface area contributed by atoms with Gasteiger partial charge in [-0.1, -0.05) is 48.9 Å². The van der Waals surface area contributed by atoms with Crippen molar-refractivity contribution in [1.82, 2.24) is 0 Å². The summed E-state index contributed by atoms with van der Waals surface area (Å²) < 4.78 is 0. The molecule has 0 bridgehead atoms. The van der Waals surface area contributed by atoms with E-state index in [0.717, 1.165) is 24.8 Å². The highest BCUT2D eigenvalue weighted by Crippen LogP contribution is 2.44. The van der Waals surface area contributed by atoms with Crippen LogP contribution in [0.15, 0.2) is 72.1 Å². The van der Waals surface area contributed by atoms with Gasteiger partial charge in [-0.15, -0.1) is 11.3 Å². The fraction of sp³-hybridized carbons (Fsp3) is 0.182. The molecule has 3 aromatic rings. The molecule has 1 aliphatic carbocycles. The minimum absolute atomic E-state index is 0.0154. The molecule has 2 amide bonds. The summed E-state index contributed by atoms with van der Waals surface area (Å²) in [6, 6.07) is 20.9. The minimum Gasteiger partial charge on any atom is -0.325 e. The summed E-state index contributed by atoms with van der Waals surface area (Å²) in [4.78, 5) is 25.9. The maximum atomic E-state index is 13.0.